The fraction of sp³-hybridized carbons (Fsp3) is 0.600. The Hall–Kier alpha value is -0.980. The number of nitrogens with zero attached hydrogens (tertiary/aromatic N) is 1. The summed E-state index contributed by atoms with van der Waals surface area (Å²) in [6, 6.07) is 3.52. The fourth-order valence-electron chi connectivity index (χ4n) is 3.29. The molecule has 2 aliphatic rings. The molecule has 3 N–H and O–H groups in total. The summed E-state index contributed by atoms with van der Waals surface area (Å²) in [5.74, 6) is -0.168. The number of phenols is 1. The monoisotopic (exact) mass is 345 g/mol. The van der Waals surface area contributed by atoms with Crippen LogP contribution in [0.4, 0.5) is 5.69 Å². The van der Waals surface area contributed by atoms with Crippen molar-refractivity contribution in [3.63, 3.8) is 0 Å². The molecule has 1 aliphatic carbocycles. The molecule has 1 aromatic rings. The van der Waals surface area contributed by atoms with Crippen molar-refractivity contribution in [2.24, 2.45) is 0 Å². The molecule has 0 radical (unpaired) electrons. The molecule has 1 saturated carbocycles. The minimum Gasteiger partial charge on any atom is -0.504 e. The Morgan fingerprint density at radius 2 is 1.95 bits per heavy atom. The molecule has 1 aliphatic heterocycles. The van der Waals surface area contributed by atoms with Crippen LogP contribution >= 0.6 is 11.6 Å². The van der Waals surface area contributed by atoms with Gasteiger partial charge in [-0.15, -0.1) is 0 Å². The lowest BCUT2D eigenvalue weighted by molar-refractivity contribution is 0.106. The van der Waals surface area contributed by atoms with Gasteiger partial charge in [-0.3, -0.25) is 0 Å². The Bertz CT molecular complexity index is 686. The van der Waals surface area contributed by atoms with E-state index in [0.29, 0.717) is 18.9 Å². The van der Waals surface area contributed by atoms with Crippen molar-refractivity contribution in [3.8, 4) is 5.75 Å². The number of benzene rings is 1. The predicted octanol–water partition coefficient (Wildman–Crippen LogP) is 2.42. The minimum absolute atomic E-state index is 0.0582. The number of sulfone groups is 1. The zero-order chi connectivity index (χ0) is 16.6. The Morgan fingerprint density at radius 1 is 1.27 bits per heavy atom. The maximum Gasteiger partial charge on any atom is 0.293 e. The van der Waals surface area contributed by atoms with Gasteiger partial charge in [-0.05, 0) is 50.9 Å². The van der Waals surface area contributed by atoms with Crippen molar-refractivity contribution in [1.82, 2.24) is 4.90 Å². The molecule has 0 bridgehead atoms. The molecular weight excluding hydrogens is 324 g/mol. The minimum atomic E-state index is -3.68. The van der Waals surface area contributed by atoms with E-state index in [1.165, 1.54) is 31.4 Å². The van der Waals surface area contributed by atoms with E-state index >= 15 is 0 Å². The van der Waals surface area contributed by atoms with Crippen molar-refractivity contribution >= 4 is 27.1 Å². The van der Waals surface area contributed by atoms with Crippen LogP contribution in [0.5, 0.6) is 5.75 Å². The zero-order valence-electron chi connectivity index (χ0n) is 13.3. The van der Waals surface area contributed by atoms with Crippen LogP contribution in [-0.4, -0.2) is 44.2 Å². The summed E-state index contributed by atoms with van der Waals surface area (Å²) in [6.07, 6.45) is 4.85. The van der Waals surface area contributed by atoms with E-state index in [1.807, 2.05) is 0 Å². The lowest BCUT2D eigenvalue weighted by Gasteiger charge is -2.41. The summed E-state index contributed by atoms with van der Waals surface area (Å²) in [4.78, 5) is 2.24. The van der Waals surface area contributed by atoms with Crippen LogP contribution in [0.1, 0.15) is 32.1 Å². The van der Waals surface area contributed by atoms with Crippen molar-refractivity contribution in [2.45, 2.75) is 48.3 Å². The maximum atomic E-state index is 13.0. The van der Waals surface area contributed by atoms with Crippen molar-refractivity contribution in [3.05, 3.63) is 17.2 Å². The molecule has 1 saturated heterocycles. The lowest BCUT2D eigenvalue weighted by atomic mass is 9.90. The van der Waals surface area contributed by atoms with Crippen molar-refractivity contribution < 1.29 is 13.5 Å². The van der Waals surface area contributed by atoms with E-state index in [4.69, 9.17) is 18.8 Å². The molecule has 5 nitrogen and oxygen atoms in total. The van der Waals surface area contributed by atoms with Crippen LogP contribution in [0.25, 0.3) is 0 Å². The highest BCUT2D eigenvalue weighted by Crippen LogP contribution is 2.39. The van der Waals surface area contributed by atoms with Crippen LogP contribution < -0.4 is 5.73 Å². The lowest BCUT2D eigenvalue weighted by Crippen LogP contribution is -2.47. The van der Waals surface area contributed by atoms with Gasteiger partial charge in [-0.2, -0.15) is 0 Å². The highest BCUT2D eigenvalue weighted by atomic mass is 35.5. The summed E-state index contributed by atoms with van der Waals surface area (Å²) in [7, 11) is -3.68. The Labute approximate surface area is 137 Å². The van der Waals surface area contributed by atoms with E-state index in [1.54, 1.807) is 0 Å². The molecule has 0 unspecified atom stereocenters. The molecule has 0 aromatic heterocycles. The summed E-state index contributed by atoms with van der Waals surface area (Å²) >= 11 is 6.09. The number of rotatable bonds is 4. The first-order chi connectivity index (χ1) is 10.9. The number of likely N-dealkylation sites (tertiary alicyclic amines) is 1. The number of phenolic OH excluding ortho intramolecular Hbond substituents is 1. The summed E-state index contributed by atoms with van der Waals surface area (Å²) in [5, 5.41) is 4.02. The molecule has 0 spiro atoms. The van der Waals surface area contributed by atoms with Gasteiger partial charge in [0, 0.05) is 6.04 Å². The molecule has 0 atom stereocenters. The third-order valence-corrected chi connectivity index (χ3v) is 7.64. The number of nitrogen functional groups attached to an aromatic ring is 1. The van der Waals surface area contributed by atoms with Crippen molar-refractivity contribution in [2.75, 3.05) is 18.8 Å². The first-order valence-electron chi connectivity index (χ1n) is 8.05. The quantitative estimate of drug-likeness (QED) is 0.646. The van der Waals surface area contributed by atoms with Gasteiger partial charge in [-0.25, -0.2) is 8.42 Å². The average Bonchev–Trinajstić information content (AvgIpc) is 2.48. The third kappa shape index (κ3) is 2.68. The van der Waals surface area contributed by atoms with E-state index in [-0.39, 0.29) is 21.4 Å². The number of aromatic hydroxyl groups is 1. The smallest absolute Gasteiger partial charge is 0.293 e. The normalized spacial score (nSPS) is 22.1. The number of nitrogens with two attached hydrogens (primary N) is 1. The third-order valence-electron chi connectivity index (χ3n) is 4.89. The van der Waals surface area contributed by atoms with Gasteiger partial charge in [-0.1, -0.05) is 18.0 Å². The second kappa shape index (κ2) is 5.91. The predicted molar refractivity (Wildman–Crippen MR) is 86.9 cm³/mol. The Morgan fingerprint density at radius 3 is 2.50 bits per heavy atom. The number of halogens is 1. The first kappa shape index (κ1) is 14.6. The highest BCUT2D eigenvalue weighted by Gasteiger charge is 2.37. The average molecular weight is 346 g/mol. The Kier molecular flexibility index (Phi) is 3.92. The van der Waals surface area contributed by atoms with Crippen LogP contribution in [0.2, 0.25) is 5.02 Å². The van der Waals surface area contributed by atoms with Crippen LogP contribution in [0.3, 0.4) is 0 Å². The van der Waals surface area contributed by atoms with Gasteiger partial charge in [0.05, 0.1) is 16.0 Å². The standard InChI is InChI=1S/C15H21ClN2O3S/c16-12-4-5-13(17)14(19)15(12)22(20,21)11-6-8-18(9-7-11)10-2-1-3-10/h4-5,10-11,19H,1-3,6-9,17H2/i/hD. The molecule has 1 heterocycles. The molecular formula is C15H21ClN2O3S. The Balaban J connectivity index is 1.84. The van der Waals surface area contributed by atoms with E-state index in [9.17, 15) is 8.42 Å². The molecule has 2 fully saturated rings. The van der Waals surface area contributed by atoms with Crippen molar-refractivity contribution in [1.29, 1.82) is 1.43 Å². The van der Waals surface area contributed by atoms with E-state index in [2.05, 4.69) is 10.0 Å². The molecule has 122 valence electrons. The number of anilines is 1. The summed E-state index contributed by atoms with van der Waals surface area (Å²) in [6.45, 7) is 1.57. The van der Waals surface area contributed by atoms with E-state index < -0.39 is 15.1 Å². The maximum absolute atomic E-state index is 13.0. The second-order valence-corrected chi connectivity index (χ2v) is 8.73. The molecule has 0 amide bonds. The number of hydrogen-bond donors (Lipinski definition) is 2. The first-order valence-corrected chi connectivity index (χ1v) is 9.56. The van der Waals surface area contributed by atoms with Gasteiger partial charge in [0.2, 0.25) is 0 Å². The van der Waals surface area contributed by atoms with Gasteiger partial charge >= 0.3 is 0 Å². The van der Waals surface area contributed by atoms with Crippen LogP contribution in [0.15, 0.2) is 17.0 Å². The van der Waals surface area contributed by atoms with Crippen LogP contribution in [0, 0.1) is 0 Å². The van der Waals surface area contributed by atoms with Gasteiger partial charge < -0.3 is 15.7 Å². The fourth-order valence-corrected chi connectivity index (χ4v) is 5.64. The van der Waals surface area contributed by atoms with Gasteiger partial charge in [0.15, 0.2) is 15.6 Å². The van der Waals surface area contributed by atoms with Crippen LogP contribution in [-0.2, 0) is 9.84 Å². The number of piperidine rings is 1. The zero-order valence-corrected chi connectivity index (χ0v) is 13.9. The SMILES string of the molecule is [2H]Oc1c(N)ccc(Cl)c1S(=O)(=O)C1CCN(C2CCC2)CC1. The molecule has 3 rings (SSSR count). The topological polar surface area (TPSA) is 83.6 Å². The largest absolute Gasteiger partial charge is 0.504 e. The summed E-state index contributed by atoms with van der Waals surface area (Å²) in [5.41, 5.74) is 5.84. The molecule has 22 heavy (non-hydrogen) atoms. The number of hydrogen-bond acceptors (Lipinski definition) is 5. The second-order valence-electron chi connectivity index (χ2n) is 6.16. The van der Waals surface area contributed by atoms with Gasteiger partial charge in [0.1, 0.15) is 4.90 Å². The highest BCUT2D eigenvalue weighted by molar-refractivity contribution is 7.92. The van der Waals surface area contributed by atoms with Gasteiger partial charge in [0.25, 0.3) is 1.43 Å². The van der Waals surface area contributed by atoms with E-state index in [0.717, 1.165) is 13.1 Å². The summed E-state index contributed by atoms with van der Waals surface area (Å²) < 4.78 is 33.1. The molecule has 7 heteroatoms. The molecule has 1 aromatic carbocycles.